The van der Waals surface area contributed by atoms with Gasteiger partial charge in [0.25, 0.3) is 0 Å². The molecule has 1 fully saturated rings. The highest BCUT2D eigenvalue weighted by Gasteiger charge is 2.30. The first kappa shape index (κ1) is 16.6. The van der Waals surface area contributed by atoms with Crippen LogP contribution in [0.1, 0.15) is 24.2 Å². The summed E-state index contributed by atoms with van der Waals surface area (Å²) >= 11 is 0. The van der Waals surface area contributed by atoms with Gasteiger partial charge in [-0.05, 0) is 55.3 Å². The van der Waals surface area contributed by atoms with E-state index in [1.54, 1.807) is 12.5 Å². The molecule has 3 aromatic rings. The lowest BCUT2D eigenvalue weighted by Crippen LogP contribution is -2.42. The lowest BCUT2D eigenvalue weighted by Gasteiger charge is -2.23. The van der Waals surface area contributed by atoms with Crippen molar-refractivity contribution >= 4 is 5.91 Å². The van der Waals surface area contributed by atoms with Crippen molar-refractivity contribution in [1.29, 1.82) is 0 Å². The Labute approximate surface area is 152 Å². The number of benzene rings is 1. The molecule has 0 aliphatic carbocycles. The molecular formula is C20H22N4O2. The van der Waals surface area contributed by atoms with Crippen molar-refractivity contribution in [1.82, 2.24) is 20.0 Å². The number of hydrogen-bond donors (Lipinski definition) is 1. The van der Waals surface area contributed by atoms with Crippen molar-refractivity contribution in [3.8, 4) is 5.69 Å². The van der Waals surface area contributed by atoms with Crippen molar-refractivity contribution in [2.75, 3.05) is 6.54 Å². The molecule has 1 aliphatic heterocycles. The third-order valence-electron chi connectivity index (χ3n) is 4.77. The van der Waals surface area contributed by atoms with Crippen LogP contribution in [0, 0.1) is 0 Å². The van der Waals surface area contributed by atoms with E-state index < -0.39 is 0 Å². The average molecular weight is 350 g/mol. The molecule has 0 unspecified atom stereocenters. The highest BCUT2D eigenvalue weighted by Crippen LogP contribution is 2.21. The number of nitrogens with one attached hydrogen (secondary N) is 1. The summed E-state index contributed by atoms with van der Waals surface area (Å²) < 4.78 is 7.11. The minimum atomic E-state index is -0.0734. The summed E-state index contributed by atoms with van der Waals surface area (Å²) in [7, 11) is 0. The van der Waals surface area contributed by atoms with Crippen LogP contribution in [0.2, 0.25) is 0 Å². The quantitative estimate of drug-likeness (QED) is 0.742. The molecule has 0 saturated carbocycles. The van der Waals surface area contributed by atoms with Crippen LogP contribution in [0.3, 0.4) is 0 Å². The Bertz CT molecular complexity index is 825. The van der Waals surface area contributed by atoms with Gasteiger partial charge in [-0.1, -0.05) is 12.1 Å². The first-order valence-electron chi connectivity index (χ1n) is 8.93. The summed E-state index contributed by atoms with van der Waals surface area (Å²) in [4.78, 5) is 14.8. The molecule has 6 nitrogen and oxygen atoms in total. The summed E-state index contributed by atoms with van der Waals surface area (Å²) in [5.74, 6) is 0.851. The third-order valence-corrected chi connectivity index (χ3v) is 4.77. The van der Waals surface area contributed by atoms with Gasteiger partial charge in [0.1, 0.15) is 5.76 Å². The van der Waals surface area contributed by atoms with E-state index in [9.17, 15) is 4.79 Å². The third kappa shape index (κ3) is 3.70. The molecule has 6 heteroatoms. The van der Waals surface area contributed by atoms with Crippen LogP contribution in [-0.4, -0.2) is 33.2 Å². The minimum absolute atomic E-state index is 0.0734. The van der Waals surface area contributed by atoms with Gasteiger partial charge in [-0.15, -0.1) is 0 Å². The second-order valence-corrected chi connectivity index (χ2v) is 6.54. The lowest BCUT2D eigenvalue weighted by molar-refractivity contribution is -0.125. The maximum Gasteiger partial charge on any atom is 0.237 e. The normalized spacial score (nSPS) is 17.5. The number of rotatable bonds is 6. The van der Waals surface area contributed by atoms with Crippen molar-refractivity contribution in [2.24, 2.45) is 0 Å². The van der Waals surface area contributed by atoms with E-state index >= 15 is 0 Å². The average Bonchev–Trinajstić information content (AvgIpc) is 3.42. The molecule has 1 atom stereocenters. The van der Waals surface area contributed by atoms with Crippen LogP contribution in [-0.2, 0) is 17.9 Å². The van der Waals surface area contributed by atoms with E-state index in [0.717, 1.165) is 37.4 Å². The Morgan fingerprint density at radius 2 is 2.12 bits per heavy atom. The van der Waals surface area contributed by atoms with Crippen LogP contribution in [0.4, 0.5) is 0 Å². The zero-order valence-electron chi connectivity index (χ0n) is 14.5. The number of aromatic nitrogens is 2. The van der Waals surface area contributed by atoms with E-state index in [1.807, 2.05) is 29.1 Å². The fourth-order valence-corrected chi connectivity index (χ4v) is 3.43. The van der Waals surface area contributed by atoms with E-state index in [-0.39, 0.29) is 11.9 Å². The Morgan fingerprint density at radius 1 is 1.23 bits per heavy atom. The number of nitrogens with zero attached hydrogens (tertiary/aromatic N) is 3. The molecule has 1 amide bonds. The second-order valence-electron chi connectivity index (χ2n) is 6.54. The molecule has 1 saturated heterocycles. The van der Waals surface area contributed by atoms with Gasteiger partial charge in [0.2, 0.25) is 5.91 Å². The van der Waals surface area contributed by atoms with Crippen LogP contribution in [0.15, 0.2) is 65.5 Å². The summed E-state index contributed by atoms with van der Waals surface area (Å²) in [5, 5.41) is 7.23. The Morgan fingerprint density at radius 3 is 2.85 bits per heavy atom. The number of likely N-dealkylation sites (tertiary alicyclic amines) is 1. The lowest BCUT2D eigenvalue weighted by atomic mass is 10.1. The molecule has 1 N–H and O–H groups in total. The fraction of sp³-hybridized carbons (Fsp3) is 0.300. The van der Waals surface area contributed by atoms with E-state index in [0.29, 0.717) is 6.54 Å². The SMILES string of the molecule is O=C(NCc1ccco1)[C@@H]1CCCN1Cc1ccc(-n2cccn2)cc1. The predicted molar refractivity (Wildman–Crippen MR) is 97.6 cm³/mol. The minimum Gasteiger partial charge on any atom is -0.467 e. The maximum atomic E-state index is 12.5. The van der Waals surface area contributed by atoms with Gasteiger partial charge in [0.05, 0.1) is 24.5 Å². The van der Waals surface area contributed by atoms with Gasteiger partial charge in [0, 0.05) is 18.9 Å². The topological polar surface area (TPSA) is 63.3 Å². The Hall–Kier alpha value is -2.86. The van der Waals surface area contributed by atoms with Crippen molar-refractivity contribution < 1.29 is 9.21 Å². The summed E-state index contributed by atoms with van der Waals surface area (Å²) in [6.07, 6.45) is 7.26. The summed E-state index contributed by atoms with van der Waals surface area (Å²) in [5.41, 5.74) is 2.24. The van der Waals surface area contributed by atoms with E-state index in [1.165, 1.54) is 5.56 Å². The first-order chi connectivity index (χ1) is 12.8. The van der Waals surface area contributed by atoms with Gasteiger partial charge in [0.15, 0.2) is 0 Å². The number of hydrogen-bond acceptors (Lipinski definition) is 4. The fourth-order valence-electron chi connectivity index (χ4n) is 3.43. The number of amides is 1. The van der Waals surface area contributed by atoms with Gasteiger partial charge >= 0.3 is 0 Å². The summed E-state index contributed by atoms with van der Waals surface area (Å²) in [6, 6.07) is 13.9. The molecule has 1 aromatic carbocycles. The highest BCUT2D eigenvalue weighted by molar-refractivity contribution is 5.81. The molecule has 26 heavy (non-hydrogen) atoms. The second kappa shape index (κ2) is 7.58. The van der Waals surface area contributed by atoms with Crippen LogP contribution in [0.25, 0.3) is 5.69 Å². The molecule has 0 radical (unpaired) electrons. The Balaban J connectivity index is 1.36. The zero-order valence-corrected chi connectivity index (χ0v) is 14.5. The van der Waals surface area contributed by atoms with Crippen molar-refractivity contribution in [3.05, 3.63) is 72.4 Å². The van der Waals surface area contributed by atoms with E-state index in [4.69, 9.17) is 4.42 Å². The zero-order chi connectivity index (χ0) is 17.8. The monoisotopic (exact) mass is 350 g/mol. The van der Waals surface area contributed by atoms with Crippen LogP contribution < -0.4 is 5.32 Å². The molecule has 3 heterocycles. The number of furan rings is 1. The van der Waals surface area contributed by atoms with Gasteiger partial charge in [-0.3, -0.25) is 9.69 Å². The molecule has 134 valence electrons. The molecular weight excluding hydrogens is 328 g/mol. The molecule has 0 bridgehead atoms. The predicted octanol–water partition coefficient (Wildman–Crippen LogP) is 2.75. The Kier molecular flexibility index (Phi) is 4.84. The van der Waals surface area contributed by atoms with Crippen molar-refractivity contribution in [2.45, 2.75) is 32.0 Å². The standard InChI is InChI=1S/C20H22N4O2/c25-20(21-14-18-4-2-13-26-18)19-5-1-11-23(19)15-16-6-8-17(9-7-16)24-12-3-10-22-24/h2-4,6-10,12-13,19H,1,5,11,14-15H2,(H,21,25)/t19-/m0/s1. The van der Waals surface area contributed by atoms with E-state index in [2.05, 4.69) is 39.6 Å². The highest BCUT2D eigenvalue weighted by atomic mass is 16.3. The smallest absolute Gasteiger partial charge is 0.237 e. The molecule has 4 rings (SSSR count). The van der Waals surface area contributed by atoms with Crippen molar-refractivity contribution in [3.63, 3.8) is 0 Å². The molecule has 2 aromatic heterocycles. The van der Waals surface area contributed by atoms with Gasteiger partial charge in [-0.25, -0.2) is 4.68 Å². The van der Waals surface area contributed by atoms with Crippen LogP contribution >= 0.6 is 0 Å². The molecule has 0 spiro atoms. The number of carbonyl (C=O) groups is 1. The van der Waals surface area contributed by atoms with Gasteiger partial charge < -0.3 is 9.73 Å². The number of carbonyl (C=O) groups excluding carboxylic acids is 1. The summed E-state index contributed by atoms with van der Waals surface area (Å²) in [6.45, 7) is 2.16. The molecule has 1 aliphatic rings. The maximum absolute atomic E-state index is 12.5. The van der Waals surface area contributed by atoms with Crippen LogP contribution in [0.5, 0.6) is 0 Å². The largest absolute Gasteiger partial charge is 0.467 e. The first-order valence-corrected chi connectivity index (χ1v) is 8.93. The van der Waals surface area contributed by atoms with Gasteiger partial charge in [-0.2, -0.15) is 5.10 Å².